The van der Waals surface area contributed by atoms with Crippen LogP contribution in [0.4, 0.5) is 4.39 Å². The highest BCUT2D eigenvalue weighted by Crippen LogP contribution is 2.40. The summed E-state index contributed by atoms with van der Waals surface area (Å²) in [6, 6.07) is 5.31. The lowest BCUT2D eigenvalue weighted by Gasteiger charge is -2.23. The Hall–Kier alpha value is -1.51. The third-order valence-corrected chi connectivity index (χ3v) is 7.13. The van der Waals surface area contributed by atoms with Crippen LogP contribution in [0, 0.1) is 23.1 Å². The Kier molecular flexibility index (Phi) is 6.18. The van der Waals surface area contributed by atoms with Crippen LogP contribution in [0.1, 0.15) is 89.2 Å². The largest absolute Gasteiger partial charge is 0.299 e. The molecule has 148 valence electrons. The van der Waals surface area contributed by atoms with E-state index < -0.39 is 5.41 Å². The molecule has 2 unspecified atom stereocenters. The van der Waals surface area contributed by atoms with E-state index in [-0.39, 0.29) is 23.3 Å². The highest BCUT2D eigenvalue weighted by Gasteiger charge is 2.40. The monoisotopic (exact) mass is 372 g/mol. The molecule has 2 nitrogen and oxygen atoms in total. The lowest BCUT2D eigenvalue weighted by molar-refractivity contribution is -0.140. The average Bonchev–Trinajstić information content (AvgIpc) is 3.31. The SMILES string of the molecule is CC(=O)C(C)(C)C(=O)C1CCC(CCc2ccc(F)cc2C2CCCC2)C1. The Morgan fingerprint density at radius 1 is 1.11 bits per heavy atom. The van der Waals surface area contributed by atoms with Crippen LogP contribution < -0.4 is 0 Å². The van der Waals surface area contributed by atoms with Crippen molar-refractivity contribution in [3.8, 4) is 0 Å². The van der Waals surface area contributed by atoms with E-state index in [1.807, 2.05) is 6.07 Å². The minimum Gasteiger partial charge on any atom is -0.299 e. The van der Waals surface area contributed by atoms with Gasteiger partial charge in [-0.1, -0.05) is 18.9 Å². The van der Waals surface area contributed by atoms with Crippen LogP contribution in [-0.2, 0) is 16.0 Å². The summed E-state index contributed by atoms with van der Waals surface area (Å²) in [4.78, 5) is 24.5. The number of ketones is 2. The predicted octanol–water partition coefficient (Wildman–Crippen LogP) is 6.02. The first-order valence-corrected chi connectivity index (χ1v) is 10.6. The predicted molar refractivity (Wildman–Crippen MR) is 106 cm³/mol. The van der Waals surface area contributed by atoms with E-state index in [1.165, 1.54) is 43.7 Å². The molecule has 3 heteroatoms. The first kappa shape index (κ1) is 20.2. The Bertz CT molecular complexity index is 700. The summed E-state index contributed by atoms with van der Waals surface area (Å²) in [7, 11) is 0. The van der Waals surface area contributed by atoms with E-state index in [1.54, 1.807) is 26.0 Å². The first-order chi connectivity index (χ1) is 12.8. The summed E-state index contributed by atoms with van der Waals surface area (Å²) in [5, 5.41) is 0. The van der Waals surface area contributed by atoms with Gasteiger partial charge in [0.1, 0.15) is 17.4 Å². The molecule has 0 N–H and O–H groups in total. The molecule has 0 bridgehead atoms. The molecule has 2 atom stereocenters. The molecule has 2 fully saturated rings. The summed E-state index contributed by atoms with van der Waals surface area (Å²) in [5.41, 5.74) is 1.66. The molecule has 2 saturated carbocycles. The fourth-order valence-electron chi connectivity index (χ4n) is 5.03. The number of carbonyl (C=O) groups is 2. The summed E-state index contributed by atoms with van der Waals surface area (Å²) in [6.07, 6.45) is 9.73. The van der Waals surface area contributed by atoms with Crippen LogP contribution in [0.2, 0.25) is 0 Å². The van der Waals surface area contributed by atoms with E-state index in [0.29, 0.717) is 11.8 Å². The van der Waals surface area contributed by atoms with Crippen LogP contribution in [0.15, 0.2) is 18.2 Å². The van der Waals surface area contributed by atoms with Gasteiger partial charge in [0.2, 0.25) is 0 Å². The summed E-state index contributed by atoms with van der Waals surface area (Å²) in [5.74, 6) is 1.03. The lowest BCUT2D eigenvalue weighted by atomic mass is 9.77. The average molecular weight is 373 g/mol. The van der Waals surface area contributed by atoms with Crippen molar-refractivity contribution in [1.82, 2.24) is 0 Å². The van der Waals surface area contributed by atoms with E-state index >= 15 is 0 Å². The number of hydrogen-bond acceptors (Lipinski definition) is 2. The van der Waals surface area contributed by atoms with Crippen molar-refractivity contribution in [3.05, 3.63) is 35.1 Å². The van der Waals surface area contributed by atoms with Gasteiger partial charge >= 0.3 is 0 Å². The molecule has 2 aliphatic carbocycles. The zero-order chi connectivity index (χ0) is 19.6. The number of aryl methyl sites for hydroxylation is 1. The van der Waals surface area contributed by atoms with Crippen LogP contribution in [0.3, 0.4) is 0 Å². The van der Waals surface area contributed by atoms with Crippen molar-refractivity contribution in [1.29, 1.82) is 0 Å². The second-order valence-electron chi connectivity index (χ2n) is 9.28. The zero-order valence-corrected chi connectivity index (χ0v) is 17.0. The van der Waals surface area contributed by atoms with Gasteiger partial charge in [-0.05, 0) is 101 Å². The van der Waals surface area contributed by atoms with E-state index in [2.05, 4.69) is 0 Å². The molecular formula is C24H33FO2. The van der Waals surface area contributed by atoms with Gasteiger partial charge < -0.3 is 0 Å². The maximum absolute atomic E-state index is 13.8. The molecule has 0 aromatic heterocycles. The maximum atomic E-state index is 13.8. The third-order valence-electron chi connectivity index (χ3n) is 7.13. The molecule has 0 amide bonds. The number of benzene rings is 1. The Morgan fingerprint density at radius 2 is 1.81 bits per heavy atom. The molecule has 0 spiro atoms. The molecule has 0 heterocycles. The van der Waals surface area contributed by atoms with E-state index in [9.17, 15) is 14.0 Å². The molecule has 27 heavy (non-hydrogen) atoms. The molecule has 0 saturated heterocycles. The summed E-state index contributed by atoms with van der Waals surface area (Å²) < 4.78 is 13.8. The van der Waals surface area contributed by atoms with Gasteiger partial charge in [-0.15, -0.1) is 0 Å². The van der Waals surface area contributed by atoms with Gasteiger partial charge in [0.25, 0.3) is 0 Å². The fraction of sp³-hybridized carbons (Fsp3) is 0.667. The van der Waals surface area contributed by atoms with Gasteiger partial charge in [-0.3, -0.25) is 9.59 Å². The van der Waals surface area contributed by atoms with Crippen molar-refractivity contribution in [3.63, 3.8) is 0 Å². The van der Waals surface area contributed by atoms with E-state index in [4.69, 9.17) is 0 Å². The Labute approximate surface area is 162 Å². The second-order valence-corrected chi connectivity index (χ2v) is 9.28. The van der Waals surface area contributed by atoms with Crippen molar-refractivity contribution in [2.24, 2.45) is 17.3 Å². The third kappa shape index (κ3) is 4.50. The minimum atomic E-state index is -0.855. The van der Waals surface area contributed by atoms with Gasteiger partial charge in [0.15, 0.2) is 0 Å². The van der Waals surface area contributed by atoms with Crippen LogP contribution in [0.25, 0.3) is 0 Å². The fourth-order valence-corrected chi connectivity index (χ4v) is 5.03. The van der Waals surface area contributed by atoms with Crippen molar-refractivity contribution in [2.75, 3.05) is 0 Å². The number of carbonyl (C=O) groups excluding carboxylic acids is 2. The molecule has 0 radical (unpaired) electrons. The number of Topliss-reactive ketones (excluding diaryl/α,β-unsaturated/α-hetero) is 2. The van der Waals surface area contributed by atoms with Gasteiger partial charge in [-0.25, -0.2) is 4.39 Å². The summed E-state index contributed by atoms with van der Waals surface area (Å²) >= 11 is 0. The highest BCUT2D eigenvalue weighted by molar-refractivity contribution is 6.06. The normalized spacial score (nSPS) is 23.7. The van der Waals surface area contributed by atoms with Crippen molar-refractivity contribution >= 4 is 11.6 Å². The van der Waals surface area contributed by atoms with Crippen LogP contribution >= 0.6 is 0 Å². The molecule has 1 aromatic carbocycles. The molecule has 3 rings (SSSR count). The Morgan fingerprint density at radius 3 is 2.48 bits per heavy atom. The topological polar surface area (TPSA) is 34.1 Å². The molecular weight excluding hydrogens is 339 g/mol. The van der Waals surface area contributed by atoms with Gasteiger partial charge in [0, 0.05) is 5.92 Å². The van der Waals surface area contributed by atoms with Crippen LogP contribution in [-0.4, -0.2) is 11.6 Å². The molecule has 1 aromatic rings. The smallest absolute Gasteiger partial charge is 0.148 e. The standard InChI is InChI=1S/C24H33FO2/c1-16(26)24(2,3)23(27)20-11-9-17(14-20)8-10-19-12-13-21(25)15-22(19)18-6-4-5-7-18/h12-13,15,17-18,20H,4-11,14H2,1-3H3. The number of rotatable bonds is 7. The van der Waals surface area contributed by atoms with Gasteiger partial charge in [0.05, 0.1) is 5.41 Å². The van der Waals surface area contributed by atoms with Gasteiger partial charge in [-0.2, -0.15) is 0 Å². The summed E-state index contributed by atoms with van der Waals surface area (Å²) in [6.45, 7) is 5.04. The quantitative estimate of drug-likeness (QED) is 0.549. The first-order valence-electron chi connectivity index (χ1n) is 10.6. The number of hydrogen-bond donors (Lipinski definition) is 0. The molecule has 0 aliphatic heterocycles. The Balaban J connectivity index is 1.60. The van der Waals surface area contributed by atoms with E-state index in [0.717, 1.165) is 32.1 Å². The molecule has 2 aliphatic rings. The number of halogens is 1. The minimum absolute atomic E-state index is 0.0245. The lowest BCUT2D eigenvalue weighted by Crippen LogP contribution is -2.35. The van der Waals surface area contributed by atoms with Crippen molar-refractivity contribution in [2.45, 2.75) is 84.5 Å². The van der Waals surface area contributed by atoms with Crippen molar-refractivity contribution < 1.29 is 14.0 Å². The highest BCUT2D eigenvalue weighted by atomic mass is 19.1. The zero-order valence-electron chi connectivity index (χ0n) is 17.0. The van der Waals surface area contributed by atoms with Crippen LogP contribution in [0.5, 0.6) is 0 Å². The second kappa shape index (κ2) is 8.24. The maximum Gasteiger partial charge on any atom is 0.148 e.